The van der Waals surface area contributed by atoms with E-state index in [1.165, 1.54) is 12.8 Å². The van der Waals surface area contributed by atoms with Crippen molar-refractivity contribution in [2.24, 2.45) is 0 Å². The van der Waals surface area contributed by atoms with Crippen molar-refractivity contribution < 1.29 is 5.11 Å². The maximum atomic E-state index is 9.46. The monoisotopic (exact) mass is 264 g/mol. The Morgan fingerprint density at radius 2 is 1.89 bits per heavy atom. The Morgan fingerprint density at radius 3 is 2.63 bits per heavy atom. The molecule has 106 valence electrons. The van der Waals surface area contributed by atoms with Crippen LogP contribution in [0.15, 0.2) is 0 Å². The van der Waals surface area contributed by atoms with Crippen LogP contribution in [0.2, 0.25) is 0 Å². The van der Waals surface area contributed by atoms with E-state index in [-0.39, 0.29) is 12.5 Å². The second-order valence-corrected chi connectivity index (χ2v) is 6.08. The molecule has 0 amide bonds. The Hall–Kier alpha value is -0.940. The number of fused-ring (bicyclic) bond motifs is 1. The van der Waals surface area contributed by atoms with Crippen molar-refractivity contribution in [1.29, 1.82) is 0 Å². The highest BCUT2D eigenvalue weighted by molar-refractivity contribution is 5.10. The number of likely N-dealkylation sites (tertiary alicyclic amines) is 1. The molecule has 2 atom stereocenters. The van der Waals surface area contributed by atoms with Crippen molar-refractivity contribution in [1.82, 2.24) is 19.7 Å². The van der Waals surface area contributed by atoms with E-state index in [4.69, 9.17) is 0 Å². The molecular weight excluding hydrogens is 240 g/mol. The zero-order valence-electron chi connectivity index (χ0n) is 11.9. The first-order valence-corrected chi connectivity index (χ1v) is 7.52. The van der Waals surface area contributed by atoms with Gasteiger partial charge in [-0.25, -0.2) is 0 Å². The molecule has 2 aliphatic heterocycles. The fraction of sp³-hybridized carbons (Fsp3) is 0.857. The fourth-order valence-corrected chi connectivity index (χ4v) is 3.59. The lowest BCUT2D eigenvalue weighted by molar-refractivity contribution is 0.190. The van der Waals surface area contributed by atoms with Crippen LogP contribution in [0, 0.1) is 0 Å². The molecule has 2 aliphatic rings. The second kappa shape index (κ2) is 5.21. The van der Waals surface area contributed by atoms with E-state index in [1.807, 2.05) is 0 Å². The maximum Gasteiger partial charge on any atom is 0.150 e. The summed E-state index contributed by atoms with van der Waals surface area (Å²) in [4.78, 5) is 2.53. The third kappa shape index (κ3) is 2.19. The lowest BCUT2D eigenvalue weighted by Gasteiger charge is -2.29. The molecule has 1 aromatic heterocycles. The molecule has 2 unspecified atom stereocenters. The Labute approximate surface area is 114 Å². The molecule has 5 nitrogen and oxygen atoms in total. The summed E-state index contributed by atoms with van der Waals surface area (Å²) in [5, 5.41) is 18.3. The SMILES string of the molecule is CC(C)N1CCCC1c1nnc2n1CCCC2CO. The topological polar surface area (TPSA) is 54.2 Å². The smallest absolute Gasteiger partial charge is 0.150 e. The van der Waals surface area contributed by atoms with Gasteiger partial charge in [0.2, 0.25) is 0 Å². The van der Waals surface area contributed by atoms with Crippen LogP contribution >= 0.6 is 0 Å². The van der Waals surface area contributed by atoms with E-state index in [0.717, 1.165) is 37.6 Å². The normalized spacial score (nSPS) is 28.0. The third-order valence-electron chi connectivity index (χ3n) is 4.58. The van der Waals surface area contributed by atoms with Gasteiger partial charge in [0.15, 0.2) is 0 Å². The lowest BCUT2D eigenvalue weighted by Crippen LogP contribution is -2.32. The van der Waals surface area contributed by atoms with Gasteiger partial charge in [-0.15, -0.1) is 10.2 Å². The fourth-order valence-electron chi connectivity index (χ4n) is 3.59. The summed E-state index contributed by atoms with van der Waals surface area (Å²) in [5.74, 6) is 2.31. The third-order valence-corrected chi connectivity index (χ3v) is 4.58. The Balaban J connectivity index is 1.92. The van der Waals surface area contributed by atoms with E-state index in [9.17, 15) is 5.11 Å². The van der Waals surface area contributed by atoms with Crippen molar-refractivity contribution in [2.45, 2.75) is 64.1 Å². The molecular formula is C14H24N4O. The summed E-state index contributed by atoms with van der Waals surface area (Å²) in [6.45, 7) is 6.87. The predicted octanol–water partition coefficient (Wildman–Crippen LogP) is 1.69. The highest BCUT2D eigenvalue weighted by Gasteiger charge is 2.34. The minimum atomic E-state index is 0.184. The van der Waals surface area contributed by atoms with Crippen LogP contribution in [0.4, 0.5) is 0 Å². The quantitative estimate of drug-likeness (QED) is 0.902. The van der Waals surface area contributed by atoms with Crippen molar-refractivity contribution in [3.8, 4) is 0 Å². The summed E-state index contributed by atoms with van der Waals surface area (Å²) in [6, 6.07) is 0.969. The minimum Gasteiger partial charge on any atom is -0.396 e. The Bertz CT molecular complexity index is 443. The maximum absolute atomic E-state index is 9.46. The second-order valence-electron chi connectivity index (χ2n) is 6.08. The number of hydrogen-bond donors (Lipinski definition) is 1. The number of nitrogens with zero attached hydrogens (tertiary/aromatic N) is 4. The zero-order chi connectivity index (χ0) is 13.4. The molecule has 0 spiro atoms. The van der Waals surface area contributed by atoms with Gasteiger partial charge in [0, 0.05) is 18.5 Å². The summed E-state index contributed by atoms with van der Waals surface area (Å²) in [7, 11) is 0. The van der Waals surface area contributed by atoms with E-state index in [1.54, 1.807) is 0 Å². The van der Waals surface area contributed by atoms with Crippen LogP contribution in [0.25, 0.3) is 0 Å². The van der Waals surface area contributed by atoms with Gasteiger partial charge >= 0.3 is 0 Å². The number of hydrogen-bond acceptors (Lipinski definition) is 4. The first-order valence-electron chi connectivity index (χ1n) is 7.52. The predicted molar refractivity (Wildman–Crippen MR) is 72.9 cm³/mol. The highest BCUT2D eigenvalue weighted by Crippen LogP contribution is 2.35. The molecule has 0 saturated carbocycles. The molecule has 1 fully saturated rings. The van der Waals surface area contributed by atoms with Gasteiger partial charge in [-0.1, -0.05) is 0 Å². The van der Waals surface area contributed by atoms with Crippen molar-refractivity contribution >= 4 is 0 Å². The van der Waals surface area contributed by atoms with Crippen molar-refractivity contribution in [3.63, 3.8) is 0 Å². The molecule has 1 saturated heterocycles. The van der Waals surface area contributed by atoms with E-state index < -0.39 is 0 Å². The number of aliphatic hydroxyl groups is 1. The first kappa shape index (κ1) is 13.1. The summed E-state index contributed by atoms with van der Waals surface area (Å²) in [6.07, 6.45) is 4.58. The van der Waals surface area contributed by atoms with E-state index in [2.05, 4.69) is 33.5 Å². The van der Waals surface area contributed by atoms with Crippen molar-refractivity contribution in [3.05, 3.63) is 11.6 Å². The van der Waals surface area contributed by atoms with Gasteiger partial charge in [0.05, 0.1) is 12.6 Å². The molecule has 0 aromatic carbocycles. The molecule has 0 radical (unpaired) electrons. The first-order chi connectivity index (χ1) is 9.22. The summed E-state index contributed by atoms with van der Waals surface area (Å²) < 4.78 is 2.27. The van der Waals surface area contributed by atoms with Crippen LogP contribution in [0.5, 0.6) is 0 Å². The number of aliphatic hydroxyl groups excluding tert-OH is 1. The summed E-state index contributed by atoms with van der Waals surface area (Å²) in [5.41, 5.74) is 0. The molecule has 1 N–H and O–H groups in total. The van der Waals surface area contributed by atoms with Crippen LogP contribution in [-0.2, 0) is 6.54 Å². The van der Waals surface area contributed by atoms with Gasteiger partial charge in [-0.3, -0.25) is 4.90 Å². The van der Waals surface area contributed by atoms with Crippen molar-refractivity contribution in [2.75, 3.05) is 13.2 Å². The van der Waals surface area contributed by atoms with Gasteiger partial charge in [0.1, 0.15) is 11.6 Å². The number of rotatable bonds is 3. The van der Waals surface area contributed by atoms with Crippen LogP contribution in [-0.4, -0.2) is 44.0 Å². The minimum absolute atomic E-state index is 0.184. The van der Waals surface area contributed by atoms with Gasteiger partial charge in [-0.05, 0) is 46.1 Å². The zero-order valence-corrected chi connectivity index (χ0v) is 11.9. The standard InChI is InChI=1S/C14H24N4O/c1-10(2)17-7-4-6-12(17)14-16-15-13-11(9-19)5-3-8-18(13)14/h10-12,19H,3-9H2,1-2H3. The van der Waals surface area contributed by atoms with Gasteiger partial charge in [0.25, 0.3) is 0 Å². The van der Waals surface area contributed by atoms with E-state index in [0.29, 0.717) is 12.1 Å². The highest BCUT2D eigenvalue weighted by atomic mass is 16.3. The Morgan fingerprint density at radius 1 is 1.16 bits per heavy atom. The molecule has 19 heavy (non-hydrogen) atoms. The molecule has 0 bridgehead atoms. The van der Waals surface area contributed by atoms with Gasteiger partial charge in [-0.2, -0.15) is 0 Å². The largest absolute Gasteiger partial charge is 0.396 e. The molecule has 5 heteroatoms. The van der Waals surface area contributed by atoms with Crippen LogP contribution in [0.3, 0.4) is 0 Å². The summed E-state index contributed by atoms with van der Waals surface area (Å²) >= 11 is 0. The van der Waals surface area contributed by atoms with E-state index >= 15 is 0 Å². The lowest BCUT2D eigenvalue weighted by atomic mass is 9.99. The van der Waals surface area contributed by atoms with Crippen LogP contribution < -0.4 is 0 Å². The molecule has 0 aliphatic carbocycles. The average molecular weight is 264 g/mol. The Kier molecular flexibility index (Phi) is 3.58. The van der Waals surface area contributed by atoms with Crippen LogP contribution in [0.1, 0.15) is 63.1 Å². The molecule has 3 rings (SSSR count). The molecule has 3 heterocycles. The van der Waals surface area contributed by atoms with Gasteiger partial charge < -0.3 is 9.67 Å². The average Bonchev–Trinajstić information content (AvgIpc) is 3.03. The molecule has 1 aromatic rings. The number of aromatic nitrogens is 3.